The molecule has 1 N–H and O–H groups in total. The van der Waals surface area contributed by atoms with E-state index in [-0.39, 0.29) is 0 Å². The number of aromatic nitrogens is 1. The van der Waals surface area contributed by atoms with E-state index in [1.54, 1.807) is 11.3 Å². The molecule has 0 saturated carbocycles. The fourth-order valence-corrected chi connectivity index (χ4v) is 3.40. The zero-order valence-electron chi connectivity index (χ0n) is 11.3. The lowest BCUT2D eigenvalue weighted by Gasteiger charge is -2.22. The Balaban J connectivity index is 1.56. The highest BCUT2D eigenvalue weighted by Crippen LogP contribution is 2.23. The number of thiazole rings is 1. The molecule has 19 heavy (non-hydrogen) atoms. The largest absolute Gasteiger partial charge is 0.378 e. The molecule has 1 saturated heterocycles. The monoisotopic (exact) mass is 276 g/mol. The van der Waals surface area contributed by atoms with Crippen LogP contribution in [0.1, 0.15) is 23.4 Å². The Bertz CT molecular complexity index is 546. The van der Waals surface area contributed by atoms with Crippen molar-refractivity contribution in [3.05, 3.63) is 28.8 Å². The van der Waals surface area contributed by atoms with Gasteiger partial charge in [0.25, 0.3) is 0 Å². The summed E-state index contributed by atoms with van der Waals surface area (Å²) >= 11 is 1.79. The van der Waals surface area contributed by atoms with Gasteiger partial charge in [0.15, 0.2) is 0 Å². The normalized spacial score (nSPS) is 17.1. The minimum absolute atomic E-state index is 0.442. The minimum atomic E-state index is 0.442. The number of piperidine rings is 1. The lowest BCUT2D eigenvalue weighted by molar-refractivity contribution is 0.0349. The van der Waals surface area contributed by atoms with Gasteiger partial charge in [-0.05, 0) is 50.6 Å². The fraction of sp³-hybridized carbons (Fsp3) is 0.533. The second kappa shape index (κ2) is 5.99. The molecule has 3 nitrogen and oxygen atoms in total. The Labute approximate surface area is 118 Å². The first kappa shape index (κ1) is 13.0. The molecular formula is C15H20N2OS. The second-order valence-electron chi connectivity index (χ2n) is 5.15. The van der Waals surface area contributed by atoms with Crippen LogP contribution < -0.4 is 5.32 Å². The molecule has 1 aromatic heterocycles. The van der Waals surface area contributed by atoms with Gasteiger partial charge in [-0.15, -0.1) is 11.3 Å². The summed E-state index contributed by atoms with van der Waals surface area (Å²) in [6.45, 7) is 5.08. The number of hydrogen-bond acceptors (Lipinski definition) is 4. The van der Waals surface area contributed by atoms with Crippen LogP contribution in [-0.2, 0) is 11.2 Å². The summed E-state index contributed by atoms with van der Waals surface area (Å²) in [4.78, 5) is 4.68. The highest BCUT2D eigenvalue weighted by atomic mass is 32.1. The van der Waals surface area contributed by atoms with Crippen molar-refractivity contribution in [1.82, 2.24) is 10.3 Å². The van der Waals surface area contributed by atoms with Crippen LogP contribution >= 0.6 is 11.3 Å². The van der Waals surface area contributed by atoms with E-state index in [1.807, 2.05) is 0 Å². The molecule has 1 fully saturated rings. The highest BCUT2D eigenvalue weighted by Gasteiger charge is 2.13. The van der Waals surface area contributed by atoms with Gasteiger partial charge in [-0.25, -0.2) is 4.98 Å². The first-order valence-corrected chi connectivity index (χ1v) is 7.81. The maximum Gasteiger partial charge on any atom is 0.0961 e. The van der Waals surface area contributed by atoms with Crippen LogP contribution in [0.15, 0.2) is 18.2 Å². The van der Waals surface area contributed by atoms with Crippen molar-refractivity contribution < 1.29 is 4.74 Å². The van der Waals surface area contributed by atoms with E-state index >= 15 is 0 Å². The molecule has 4 heteroatoms. The lowest BCUT2D eigenvalue weighted by Crippen LogP contribution is -2.32. The smallest absolute Gasteiger partial charge is 0.0961 e. The van der Waals surface area contributed by atoms with E-state index in [0.29, 0.717) is 6.10 Å². The average Bonchev–Trinajstić information content (AvgIpc) is 2.82. The summed E-state index contributed by atoms with van der Waals surface area (Å²) in [7, 11) is 0. The second-order valence-corrected chi connectivity index (χ2v) is 6.26. The van der Waals surface area contributed by atoms with E-state index in [2.05, 4.69) is 35.4 Å². The maximum atomic E-state index is 5.93. The Kier molecular flexibility index (Phi) is 4.11. The van der Waals surface area contributed by atoms with Crippen molar-refractivity contribution >= 4 is 21.6 Å². The summed E-state index contributed by atoms with van der Waals surface area (Å²) < 4.78 is 7.21. The van der Waals surface area contributed by atoms with Gasteiger partial charge >= 0.3 is 0 Å². The number of hydrogen-bond donors (Lipinski definition) is 1. The summed E-state index contributed by atoms with van der Waals surface area (Å²) in [5, 5.41) is 4.54. The summed E-state index contributed by atoms with van der Waals surface area (Å²) in [6.07, 6.45) is 3.65. The predicted molar refractivity (Wildman–Crippen MR) is 79.9 cm³/mol. The van der Waals surface area contributed by atoms with E-state index < -0.39 is 0 Å². The lowest BCUT2D eigenvalue weighted by atomic mass is 10.1. The number of benzene rings is 1. The van der Waals surface area contributed by atoms with E-state index in [1.165, 1.54) is 15.3 Å². The molecule has 0 spiro atoms. The average molecular weight is 276 g/mol. The van der Waals surface area contributed by atoms with Crippen molar-refractivity contribution in [3.63, 3.8) is 0 Å². The van der Waals surface area contributed by atoms with E-state index in [4.69, 9.17) is 4.74 Å². The zero-order chi connectivity index (χ0) is 13.1. The molecule has 2 aromatic rings. The highest BCUT2D eigenvalue weighted by molar-refractivity contribution is 7.18. The third-order valence-corrected chi connectivity index (χ3v) is 4.64. The molecule has 1 aromatic carbocycles. The molecule has 1 aliphatic rings. The zero-order valence-corrected chi connectivity index (χ0v) is 12.1. The van der Waals surface area contributed by atoms with Crippen LogP contribution in [-0.4, -0.2) is 30.8 Å². The third kappa shape index (κ3) is 3.32. The molecule has 102 valence electrons. The number of aryl methyl sites for hydroxylation is 1. The SMILES string of the molecule is Cc1ccc2sc(CCOC3CCNCC3)nc2c1. The van der Waals surface area contributed by atoms with Gasteiger partial charge in [0.05, 0.1) is 27.9 Å². The fourth-order valence-electron chi connectivity index (χ4n) is 2.47. The van der Waals surface area contributed by atoms with Crippen molar-refractivity contribution in [1.29, 1.82) is 0 Å². The molecule has 2 heterocycles. The van der Waals surface area contributed by atoms with Gasteiger partial charge in [-0.3, -0.25) is 0 Å². The first-order chi connectivity index (χ1) is 9.31. The molecule has 0 atom stereocenters. The van der Waals surface area contributed by atoms with Crippen LogP contribution in [0.4, 0.5) is 0 Å². The Morgan fingerprint density at radius 2 is 2.21 bits per heavy atom. The van der Waals surface area contributed by atoms with Crippen LogP contribution in [0.2, 0.25) is 0 Å². The summed E-state index contributed by atoms with van der Waals surface area (Å²) in [5.74, 6) is 0. The molecule has 3 rings (SSSR count). The molecule has 0 unspecified atom stereocenters. The maximum absolute atomic E-state index is 5.93. The van der Waals surface area contributed by atoms with Gasteiger partial charge < -0.3 is 10.1 Å². The number of ether oxygens (including phenoxy) is 1. The van der Waals surface area contributed by atoms with Crippen molar-refractivity contribution in [3.8, 4) is 0 Å². The van der Waals surface area contributed by atoms with Crippen molar-refractivity contribution in [2.24, 2.45) is 0 Å². The van der Waals surface area contributed by atoms with E-state index in [9.17, 15) is 0 Å². The summed E-state index contributed by atoms with van der Waals surface area (Å²) in [5.41, 5.74) is 2.40. The quantitative estimate of drug-likeness (QED) is 0.932. The standard InChI is InChI=1S/C15H20N2OS/c1-11-2-3-14-13(10-11)17-15(19-14)6-9-18-12-4-7-16-8-5-12/h2-3,10,12,16H,4-9H2,1H3. The van der Waals surface area contributed by atoms with Gasteiger partial charge in [-0.2, -0.15) is 0 Å². The number of rotatable bonds is 4. The van der Waals surface area contributed by atoms with Gasteiger partial charge in [0.1, 0.15) is 0 Å². The van der Waals surface area contributed by atoms with Crippen molar-refractivity contribution in [2.75, 3.05) is 19.7 Å². The topological polar surface area (TPSA) is 34.1 Å². The van der Waals surface area contributed by atoms with Gasteiger partial charge in [-0.1, -0.05) is 6.07 Å². The Morgan fingerprint density at radius 3 is 3.05 bits per heavy atom. The number of nitrogens with one attached hydrogen (secondary N) is 1. The van der Waals surface area contributed by atoms with Gasteiger partial charge in [0, 0.05) is 6.42 Å². The number of nitrogens with zero attached hydrogens (tertiary/aromatic N) is 1. The van der Waals surface area contributed by atoms with Crippen LogP contribution in [0, 0.1) is 6.92 Å². The first-order valence-electron chi connectivity index (χ1n) is 7.00. The van der Waals surface area contributed by atoms with Crippen molar-refractivity contribution in [2.45, 2.75) is 32.3 Å². The van der Waals surface area contributed by atoms with Crippen LogP contribution in [0.5, 0.6) is 0 Å². The summed E-state index contributed by atoms with van der Waals surface area (Å²) in [6, 6.07) is 6.47. The molecule has 1 aliphatic heterocycles. The third-order valence-electron chi connectivity index (χ3n) is 3.54. The molecule has 0 aliphatic carbocycles. The van der Waals surface area contributed by atoms with Gasteiger partial charge in [0.2, 0.25) is 0 Å². The Morgan fingerprint density at radius 1 is 1.37 bits per heavy atom. The van der Waals surface area contributed by atoms with E-state index in [0.717, 1.165) is 44.5 Å². The molecule has 0 bridgehead atoms. The molecule has 0 amide bonds. The van der Waals surface area contributed by atoms with Crippen LogP contribution in [0.25, 0.3) is 10.2 Å². The molecule has 0 radical (unpaired) electrons. The van der Waals surface area contributed by atoms with Crippen LogP contribution in [0.3, 0.4) is 0 Å². The molecular weight excluding hydrogens is 256 g/mol. The Hall–Kier alpha value is -0.970. The minimum Gasteiger partial charge on any atom is -0.378 e. The predicted octanol–water partition coefficient (Wildman–Crippen LogP) is 2.92. The number of fused-ring (bicyclic) bond motifs is 1.